The number of carbonyl (C=O) groups excluding carboxylic acids is 3. The van der Waals surface area contributed by atoms with E-state index in [1.165, 1.54) is 23.1 Å². The highest BCUT2D eigenvalue weighted by atomic mass is 32.2. The van der Waals surface area contributed by atoms with Gasteiger partial charge >= 0.3 is 0 Å². The number of thiazole rings is 1. The number of hydrogen-bond donors (Lipinski definition) is 3. The number of benzene rings is 1. The first-order valence-corrected chi connectivity index (χ1v) is 13.0. The van der Waals surface area contributed by atoms with Crippen LogP contribution in [0.25, 0.3) is 6.08 Å². The summed E-state index contributed by atoms with van der Waals surface area (Å²) in [5.74, 6) is -0.128. The molecule has 1 aliphatic heterocycles. The van der Waals surface area contributed by atoms with E-state index in [4.69, 9.17) is 0 Å². The van der Waals surface area contributed by atoms with E-state index in [1.807, 2.05) is 44.1 Å². The van der Waals surface area contributed by atoms with E-state index in [-0.39, 0.29) is 23.6 Å². The summed E-state index contributed by atoms with van der Waals surface area (Å²) in [4.78, 5) is 48.6. The number of rotatable bonds is 9. The third-order valence-corrected chi connectivity index (χ3v) is 7.12. The third-order valence-electron chi connectivity index (χ3n) is 5.36. The van der Waals surface area contributed by atoms with E-state index in [0.29, 0.717) is 28.2 Å². The van der Waals surface area contributed by atoms with Gasteiger partial charge in [0.1, 0.15) is 0 Å². The summed E-state index contributed by atoms with van der Waals surface area (Å²) in [5.41, 5.74) is 2.56. The molecule has 11 heteroatoms. The number of hydrogen-bond acceptors (Lipinski definition) is 8. The standard InChI is InChI=1S/C24H28N6O3S2/c1-14-10-15(11-20(31)25-8-9-30(2)3)4-7-18(14)27-24-29-22(33)19(35-24)12-17-13-26-23(34-17)28-21(32)16-5-6-16/h4,7,10,12-13,16H,5-6,8-9,11H2,1-3H3,(H,25,31)(H,26,28,32)(H,27,29,33). The summed E-state index contributed by atoms with van der Waals surface area (Å²) in [5, 5.41) is 9.55. The second kappa shape index (κ2) is 11.1. The smallest absolute Gasteiger partial charge is 0.264 e. The number of nitrogens with one attached hydrogen (secondary N) is 3. The molecule has 4 rings (SSSR count). The molecule has 0 spiro atoms. The van der Waals surface area contributed by atoms with Gasteiger partial charge in [-0.25, -0.2) is 9.98 Å². The molecule has 1 aliphatic carbocycles. The Kier molecular flexibility index (Phi) is 7.99. The summed E-state index contributed by atoms with van der Waals surface area (Å²) >= 11 is 2.58. The number of amides is 3. The summed E-state index contributed by atoms with van der Waals surface area (Å²) in [6.45, 7) is 3.34. The highest BCUT2D eigenvalue weighted by Gasteiger charge is 2.30. The predicted octanol–water partition coefficient (Wildman–Crippen LogP) is 2.91. The van der Waals surface area contributed by atoms with Gasteiger partial charge in [0, 0.05) is 25.2 Å². The van der Waals surface area contributed by atoms with Gasteiger partial charge < -0.3 is 20.9 Å². The Morgan fingerprint density at radius 3 is 2.83 bits per heavy atom. The summed E-state index contributed by atoms with van der Waals surface area (Å²) in [6.07, 6.45) is 5.56. The lowest BCUT2D eigenvalue weighted by atomic mass is 10.1. The van der Waals surface area contributed by atoms with Crippen LogP contribution in [0.1, 0.15) is 28.8 Å². The van der Waals surface area contributed by atoms with Crippen LogP contribution >= 0.6 is 23.1 Å². The fraction of sp³-hybridized carbons (Fsp3) is 0.375. The molecule has 0 bridgehead atoms. The molecule has 35 heavy (non-hydrogen) atoms. The molecule has 1 saturated carbocycles. The first-order valence-electron chi connectivity index (χ1n) is 11.3. The Labute approximate surface area is 212 Å². The van der Waals surface area contributed by atoms with Crippen LogP contribution in [0.5, 0.6) is 0 Å². The number of thioether (sulfide) groups is 1. The number of carbonyl (C=O) groups is 3. The van der Waals surface area contributed by atoms with Crippen molar-refractivity contribution in [2.45, 2.75) is 26.2 Å². The number of aromatic nitrogens is 1. The molecule has 1 aromatic carbocycles. The maximum absolute atomic E-state index is 12.4. The quantitative estimate of drug-likeness (QED) is 0.445. The molecule has 9 nitrogen and oxygen atoms in total. The first kappa shape index (κ1) is 25.1. The average Bonchev–Trinajstić information content (AvgIpc) is 3.47. The van der Waals surface area contributed by atoms with Gasteiger partial charge in [-0.2, -0.15) is 0 Å². The van der Waals surface area contributed by atoms with E-state index in [9.17, 15) is 14.4 Å². The van der Waals surface area contributed by atoms with Crippen LogP contribution < -0.4 is 16.0 Å². The van der Waals surface area contributed by atoms with E-state index in [0.717, 1.165) is 41.1 Å². The number of aryl methyl sites for hydroxylation is 1. The maximum Gasteiger partial charge on any atom is 0.264 e. The molecule has 2 heterocycles. The van der Waals surface area contributed by atoms with Crippen LogP contribution in [0.3, 0.4) is 0 Å². The molecule has 1 aromatic heterocycles. The van der Waals surface area contributed by atoms with Crippen LogP contribution in [0.4, 0.5) is 10.8 Å². The van der Waals surface area contributed by atoms with Crippen LogP contribution in [0.2, 0.25) is 0 Å². The largest absolute Gasteiger partial charge is 0.355 e. The fourth-order valence-electron chi connectivity index (χ4n) is 3.30. The molecular weight excluding hydrogens is 484 g/mol. The molecule has 0 radical (unpaired) electrons. The van der Waals surface area contributed by atoms with Gasteiger partial charge in [0.2, 0.25) is 11.8 Å². The normalized spacial score (nSPS) is 17.8. The Balaban J connectivity index is 1.36. The number of amidine groups is 1. The molecule has 3 amide bonds. The van der Waals surface area contributed by atoms with E-state index >= 15 is 0 Å². The zero-order chi connectivity index (χ0) is 24.9. The highest BCUT2D eigenvalue weighted by molar-refractivity contribution is 8.18. The van der Waals surface area contributed by atoms with Crippen LogP contribution in [0.15, 0.2) is 34.3 Å². The molecule has 3 N–H and O–H groups in total. The summed E-state index contributed by atoms with van der Waals surface area (Å²) in [7, 11) is 3.93. The van der Waals surface area contributed by atoms with Crippen molar-refractivity contribution in [1.29, 1.82) is 0 Å². The molecular formula is C24H28N6O3S2. The Morgan fingerprint density at radius 1 is 1.31 bits per heavy atom. The minimum absolute atomic E-state index is 0.00676. The second-order valence-corrected chi connectivity index (χ2v) is 10.9. The molecule has 184 valence electrons. The minimum atomic E-state index is -0.227. The average molecular weight is 513 g/mol. The molecule has 0 unspecified atom stereocenters. The molecule has 1 saturated heterocycles. The minimum Gasteiger partial charge on any atom is -0.355 e. The SMILES string of the molecule is Cc1cc(CC(=O)NCCN(C)C)ccc1N=C1NC(=O)C(=Cc2cnc(NC(=O)C3CC3)s2)S1. The van der Waals surface area contributed by atoms with E-state index in [2.05, 4.69) is 25.9 Å². The van der Waals surface area contributed by atoms with Crippen molar-refractivity contribution in [3.8, 4) is 0 Å². The molecule has 2 aliphatic rings. The number of anilines is 1. The monoisotopic (exact) mass is 512 g/mol. The van der Waals surface area contributed by atoms with Crippen LogP contribution in [0, 0.1) is 12.8 Å². The Hall–Kier alpha value is -3.02. The lowest BCUT2D eigenvalue weighted by molar-refractivity contribution is -0.120. The Morgan fingerprint density at radius 2 is 2.11 bits per heavy atom. The van der Waals surface area contributed by atoms with Crippen molar-refractivity contribution in [3.05, 3.63) is 45.3 Å². The number of nitrogens with zero attached hydrogens (tertiary/aromatic N) is 3. The summed E-state index contributed by atoms with van der Waals surface area (Å²) in [6, 6.07) is 5.68. The van der Waals surface area contributed by atoms with Gasteiger partial charge in [-0.15, -0.1) is 0 Å². The topological polar surface area (TPSA) is 116 Å². The van der Waals surface area contributed by atoms with E-state index < -0.39 is 0 Å². The zero-order valence-corrected chi connectivity index (χ0v) is 21.5. The van der Waals surface area contributed by atoms with Gasteiger partial charge in [0.15, 0.2) is 10.3 Å². The lowest BCUT2D eigenvalue weighted by Crippen LogP contribution is -2.32. The second-order valence-electron chi connectivity index (χ2n) is 8.76. The van der Waals surface area contributed by atoms with Crippen molar-refractivity contribution in [2.75, 3.05) is 32.5 Å². The number of aliphatic imine (C=N–C) groups is 1. The van der Waals surface area contributed by atoms with Gasteiger partial charge in [0.25, 0.3) is 5.91 Å². The summed E-state index contributed by atoms with van der Waals surface area (Å²) < 4.78 is 0. The van der Waals surface area contributed by atoms with Crippen molar-refractivity contribution in [3.63, 3.8) is 0 Å². The maximum atomic E-state index is 12.4. The lowest BCUT2D eigenvalue weighted by Gasteiger charge is -2.11. The van der Waals surface area contributed by atoms with Crippen molar-refractivity contribution >= 4 is 62.9 Å². The molecule has 0 atom stereocenters. The third kappa shape index (κ3) is 7.23. The van der Waals surface area contributed by atoms with Crippen molar-refractivity contribution in [2.24, 2.45) is 10.9 Å². The van der Waals surface area contributed by atoms with Crippen LogP contribution in [-0.2, 0) is 20.8 Å². The fourth-order valence-corrected chi connectivity index (χ4v) is 4.97. The highest BCUT2D eigenvalue weighted by Crippen LogP contribution is 2.33. The molecule has 2 fully saturated rings. The van der Waals surface area contributed by atoms with Gasteiger partial charge in [-0.3, -0.25) is 14.4 Å². The Bertz CT molecular complexity index is 1200. The van der Waals surface area contributed by atoms with Crippen molar-refractivity contribution < 1.29 is 14.4 Å². The van der Waals surface area contributed by atoms with Crippen LogP contribution in [-0.4, -0.2) is 60.0 Å². The van der Waals surface area contributed by atoms with Gasteiger partial charge in [-0.1, -0.05) is 23.5 Å². The zero-order valence-electron chi connectivity index (χ0n) is 19.9. The number of likely N-dealkylation sites (N-methyl/N-ethyl adjacent to an activating group) is 1. The van der Waals surface area contributed by atoms with E-state index in [1.54, 1.807) is 12.3 Å². The van der Waals surface area contributed by atoms with Crippen molar-refractivity contribution in [1.82, 2.24) is 20.5 Å². The predicted molar refractivity (Wildman–Crippen MR) is 141 cm³/mol. The first-order chi connectivity index (χ1) is 16.8. The van der Waals surface area contributed by atoms with Gasteiger partial charge in [0.05, 0.1) is 21.9 Å². The molecule has 2 aromatic rings. The van der Waals surface area contributed by atoms with Gasteiger partial charge in [-0.05, 0) is 68.9 Å².